The van der Waals surface area contributed by atoms with Gasteiger partial charge in [0.2, 0.25) is 0 Å². The van der Waals surface area contributed by atoms with E-state index in [-0.39, 0.29) is 0 Å². The Morgan fingerprint density at radius 2 is 2.29 bits per heavy atom. The van der Waals surface area contributed by atoms with Gasteiger partial charge in [0.25, 0.3) is 0 Å². The molecule has 0 saturated heterocycles. The van der Waals surface area contributed by atoms with Crippen molar-refractivity contribution in [2.75, 3.05) is 13.1 Å². The number of hydrogen-bond donors (Lipinski definition) is 1. The molecular formula is C11H15N3. The van der Waals surface area contributed by atoms with Crippen LogP contribution in [0.2, 0.25) is 0 Å². The lowest BCUT2D eigenvalue weighted by molar-refractivity contribution is 0.650. The molecule has 3 nitrogen and oxygen atoms in total. The average Bonchev–Trinajstić information content (AvgIpc) is 2.25. The minimum atomic E-state index is 0.636. The lowest BCUT2D eigenvalue weighted by Crippen LogP contribution is -2.18. The summed E-state index contributed by atoms with van der Waals surface area (Å²) in [4.78, 5) is 4.22. The first kappa shape index (κ1) is 10.7. The Hall–Kier alpha value is -1.40. The molecule has 1 heterocycles. The Morgan fingerprint density at radius 3 is 3.00 bits per heavy atom. The summed E-state index contributed by atoms with van der Waals surface area (Å²) in [5, 5.41) is 11.6. The van der Waals surface area contributed by atoms with E-state index in [1.807, 2.05) is 24.4 Å². The summed E-state index contributed by atoms with van der Waals surface area (Å²) < 4.78 is 0. The van der Waals surface area contributed by atoms with Crippen molar-refractivity contribution in [1.82, 2.24) is 10.3 Å². The topological polar surface area (TPSA) is 48.7 Å². The first-order valence-electron chi connectivity index (χ1n) is 4.91. The van der Waals surface area contributed by atoms with Crippen LogP contribution in [0.5, 0.6) is 0 Å². The Labute approximate surface area is 84.8 Å². The third-order valence-corrected chi connectivity index (χ3v) is 1.93. The molecule has 0 bridgehead atoms. The van der Waals surface area contributed by atoms with E-state index in [4.69, 9.17) is 5.26 Å². The molecule has 1 aromatic heterocycles. The van der Waals surface area contributed by atoms with Crippen LogP contribution in [-0.4, -0.2) is 18.1 Å². The highest BCUT2D eigenvalue weighted by atomic mass is 14.8. The van der Waals surface area contributed by atoms with Gasteiger partial charge < -0.3 is 5.32 Å². The fourth-order valence-electron chi connectivity index (χ4n) is 1.18. The molecule has 3 heteroatoms. The van der Waals surface area contributed by atoms with Crippen LogP contribution < -0.4 is 5.32 Å². The highest BCUT2D eigenvalue weighted by Crippen LogP contribution is 1.93. The first-order chi connectivity index (χ1) is 6.93. The second kappa shape index (κ2) is 7.05. The van der Waals surface area contributed by atoms with Gasteiger partial charge in [0.1, 0.15) is 0 Å². The van der Waals surface area contributed by atoms with Crippen molar-refractivity contribution in [3.8, 4) is 6.07 Å². The molecule has 0 saturated carbocycles. The molecule has 0 aliphatic heterocycles. The smallest absolute Gasteiger partial charge is 0.0622 e. The maximum atomic E-state index is 8.31. The molecule has 14 heavy (non-hydrogen) atoms. The number of rotatable bonds is 6. The summed E-state index contributed by atoms with van der Waals surface area (Å²) >= 11 is 0. The summed E-state index contributed by atoms with van der Waals surface area (Å²) in [5.41, 5.74) is 1.11. The quantitative estimate of drug-likeness (QED) is 0.690. The zero-order valence-corrected chi connectivity index (χ0v) is 8.24. The van der Waals surface area contributed by atoms with Crippen LogP contribution in [0.25, 0.3) is 0 Å². The Morgan fingerprint density at radius 1 is 1.36 bits per heavy atom. The van der Waals surface area contributed by atoms with E-state index in [2.05, 4.69) is 16.4 Å². The Bertz CT molecular complexity index is 276. The van der Waals surface area contributed by atoms with Gasteiger partial charge in [-0.25, -0.2) is 0 Å². The number of hydrogen-bond acceptors (Lipinski definition) is 3. The predicted octanol–water partition coefficient (Wildman–Crippen LogP) is 1.52. The van der Waals surface area contributed by atoms with E-state index in [9.17, 15) is 0 Å². The molecule has 0 spiro atoms. The van der Waals surface area contributed by atoms with Gasteiger partial charge in [-0.3, -0.25) is 4.98 Å². The number of aromatic nitrogens is 1. The van der Waals surface area contributed by atoms with Crippen LogP contribution in [0.4, 0.5) is 0 Å². The minimum Gasteiger partial charge on any atom is -0.316 e. The molecule has 1 aromatic rings. The van der Waals surface area contributed by atoms with Crippen LogP contribution >= 0.6 is 0 Å². The van der Waals surface area contributed by atoms with E-state index in [0.717, 1.165) is 31.6 Å². The lowest BCUT2D eigenvalue weighted by Gasteiger charge is -2.02. The third kappa shape index (κ3) is 4.58. The van der Waals surface area contributed by atoms with Gasteiger partial charge in [-0.2, -0.15) is 5.26 Å². The van der Waals surface area contributed by atoms with E-state index < -0.39 is 0 Å². The summed E-state index contributed by atoms with van der Waals surface area (Å²) in [6.07, 6.45) is 4.33. The molecule has 0 unspecified atom stereocenters. The molecule has 1 rings (SSSR count). The van der Waals surface area contributed by atoms with Crippen LogP contribution in [0.1, 0.15) is 18.5 Å². The number of pyridine rings is 1. The van der Waals surface area contributed by atoms with Crippen molar-refractivity contribution in [2.24, 2.45) is 0 Å². The molecule has 0 aliphatic carbocycles. The van der Waals surface area contributed by atoms with Crippen molar-refractivity contribution < 1.29 is 0 Å². The summed E-state index contributed by atoms with van der Waals surface area (Å²) in [6.45, 7) is 1.85. The first-order valence-corrected chi connectivity index (χ1v) is 4.91. The zero-order valence-electron chi connectivity index (χ0n) is 8.24. The van der Waals surface area contributed by atoms with Gasteiger partial charge in [-0.1, -0.05) is 6.07 Å². The van der Waals surface area contributed by atoms with Crippen molar-refractivity contribution in [2.45, 2.75) is 19.3 Å². The second-order valence-corrected chi connectivity index (χ2v) is 3.08. The predicted molar refractivity (Wildman–Crippen MR) is 55.7 cm³/mol. The highest BCUT2D eigenvalue weighted by molar-refractivity contribution is 5.03. The third-order valence-electron chi connectivity index (χ3n) is 1.93. The lowest BCUT2D eigenvalue weighted by atomic mass is 10.2. The molecule has 74 valence electrons. The fourth-order valence-corrected chi connectivity index (χ4v) is 1.18. The van der Waals surface area contributed by atoms with Crippen LogP contribution in [-0.2, 0) is 6.42 Å². The Kier molecular flexibility index (Phi) is 5.38. The maximum Gasteiger partial charge on any atom is 0.0622 e. The van der Waals surface area contributed by atoms with Gasteiger partial charge in [0.05, 0.1) is 6.07 Å². The number of unbranched alkanes of at least 4 members (excludes halogenated alkanes) is 1. The number of nitrogens with zero attached hydrogens (tertiary/aromatic N) is 2. The molecule has 0 amide bonds. The van der Waals surface area contributed by atoms with Crippen molar-refractivity contribution in [1.29, 1.82) is 5.26 Å². The van der Waals surface area contributed by atoms with E-state index >= 15 is 0 Å². The fraction of sp³-hybridized carbons (Fsp3) is 0.455. The maximum absolute atomic E-state index is 8.31. The summed E-state index contributed by atoms with van der Waals surface area (Å²) in [6, 6.07) is 8.07. The SMILES string of the molecule is N#CCCCNCCc1ccccn1. The molecule has 0 fully saturated rings. The van der Waals surface area contributed by atoms with Gasteiger partial charge in [0, 0.05) is 31.3 Å². The molecular weight excluding hydrogens is 174 g/mol. The monoisotopic (exact) mass is 189 g/mol. The van der Waals surface area contributed by atoms with Crippen molar-refractivity contribution in [3.05, 3.63) is 30.1 Å². The van der Waals surface area contributed by atoms with E-state index in [0.29, 0.717) is 6.42 Å². The van der Waals surface area contributed by atoms with E-state index in [1.165, 1.54) is 0 Å². The molecule has 0 aromatic carbocycles. The van der Waals surface area contributed by atoms with Gasteiger partial charge in [-0.05, 0) is 25.1 Å². The van der Waals surface area contributed by atoms with Crippen LogP contribution in [0.15, 0.2) is 24.4 Å². The summed E-state index contributed by atoms with van der Waals surface area (Å²) in [5.74, 6) is 0. The van der Waals surface area contributed by atoms with E-state index in [1.54, 1.807) is 0 Å². The summed E-state index contributed by atoms with van der Waals surface area (Å²) in [7, 11) is 0. The molecule has 0 radical (unpaired) electrons. The van der Waals surface area contributed by atoms with Crippen LogP contribution in [0.3, 0.4) is 0 Å². The minimum absolute atomic E-state index is 0.636. The van der Waals surface area contributed by atoms with Gasteiger partial charge in [0.15, 0.2) is 0 Å². The number of nitriles is 1. The van der Waals surface area contributed by atoms with Crippen LogP contribution in [0, 0.1) is 11.3 Å². The van der Waals surface area contributed by atoms with Crippen molar-refractivity contribution in [3.63, 3.8) is 0 Å². The molecule has 0 atom stereocenters. The highest BCUT2D eigenvalue weighted by Gasteiger charge is 1.92. The van der Waals surface area contributed by atoms with Crippen molar-refractivity contribution >= 4 is 0 Å². The normalized spacial score (nSPS) is 9.64. The number of nitrogens with one attached hydrogen (secondary N) is 1. The molecule has 1 N–H and O–H groups in total. The standard InChI is InChI=1S/C11H15N3/c12-7-2-4-8-13-10-6-11-5-1-3-9-14-11/h1,3,5,9,13H,2,4,6,8,10H2. The zero-order chi connectivity index (χ0) is 10.1. The van der Waals surface area contributed by atoms with Gasteiger partial charge >= 0.3 is 0 Å². The largest absolute Gasteiger partial charge is 0.316 e. The van der Waals surface area contributed by atoms with Gasteiger partial charge in [-0.15, -0.1) is 0 Å². The Balaban J connectivity index is 2.03. The second-order valence-electron chi connectivity index (χ2n) is 3.08. The average molecular weight is 189 g/mol. The molecule has 0 aliphatic rings.